The Kier molecular flexibility index (Phi) is 4.19. The summed E-state index contributed by atoms with van der Waals surface area (Å²) in [6.07, 6.45) is 3.80. The van der Waals surface area contributed by atoms with Gasteiger partial charge in [-0.3, -0.25) is 4.98 Å². The van der Waals surface area contributed by atoms with Crippen LogP contribution in [0.3, 0.4) is 0 Å². The van der Waals surface area contributed by atoms with Gasteiger partial charge in [-0.05, 0) is 24.8 Å². The van der Waals surface area contributed by atoms with Crippen LogP contribution in [0, 0.1) is 5.92 Å². The monoisotopic (exact) mass is 279 g/mol. The number of carbonyl (C=O) groups is 2. The van der Waals surface area contributed by atoms with E-state index in [0.717, 1.165) is 0 Å². The van der Waals surface area contributed by atoms with Crippen molar-refractivity contribution < 1.29 is 19.8 Å². The van der Waals surface area contributed by atoms with E-state index in [1.165, 1.54) is 23.4 Å². The van der Waals surface area contributed by atoms with Crippen LogP contribution in [0.15, 0.2) is 18.5 Å². The van der Waals surface area contributed by atoms with Crippen molar-refractivity contribution in [1.82, 2.24) is 9.88 Å². The average molecular weight is 279 g/mol. The fourth-order valence-electron chi connectivity index (χ4n) is 2.16. The Morgan fingerprint density at radius 2 is 2.15 bits per heavy atom. The number of urea groups is 1. The Hall–Kier alpha value is -2.15. The largest absolute Gasteiger partial charge is 0.478 e. The number of hydrogen-bond acceptors (Lipinski definition) is 4. The summed E-state index contributed by atoms with van der Waals surface area (Å²) in [5.41, 5.74) is 0.364. The molecule has 0 aromatic carbocycles. The van der Waals surface area contributed by atoms with Crippen molar-refractivity contribution >= 4 is 17.7 Å². The minimum atomic E-state index is -1.09. The third-order valence-electron chi connectivity index (χ3n) is 3.33. The zero-order chi connectivity index (χ0) is 14.7. The predicted octanol–water partition coefficient (Wildman–Crippen LogP) is 1.01. The van der Waals surface area contributed by atoms with Crippen molar-refractivity contribution in [3.63, 3.8) is 0 Å². The Labute approximate surface area is 116 Å². The van der Waals surface area contributed by atoms with Gasteiger partial charge in [0.2, 0.25) is 0 Å². The molecule has 0 saturated heterocycles. The molecule has 0 aliphatic heterocycles. The van der Waals surface area contributed by atoms with Gasteiger partial charge < -0.3 is 20.4 Å². The van der Waals surface area contributed by atoms with Crippen molar-refractivity contribution in [1.29, 1.82) is 0 Å². The highest BCUT2D eigenvalue weighted by Gasteiger charge is 2.29. The molecule has 1 aromatic heterocycles. The number of carboxylic acid groups (broad SMARTS) is 1. The van der Waals surface area contributed by atoms with E-state index in [2.05, 4.69) is 10.3 Å². The minimum Gasteiger partial charge on any atom is -0.478 e. The molecule has 1 fully saturated rings. The molecule has 2 rings (SSSR count). The molecule has 2 amide bonds. The lowest BCUT2D eigenvalue weighted by Gasteiger charge is -2.34. The van der Waals surface area contributed by atoms with Crippen molar-refractivity contribution in [3.8, 4) is 0 Å². The molecule has 0 radical (unpaired) electrons. The smallest absolute Gasteiger partial charge is 0.337 e. The number of carbonyl (C=O) groups excluding carboxylic acids is 1. The summed E-state index contributed by atoms with van der Waals surface area (Å²) in [6.45, 7) is 0.564. The number of aliphatic hydroxyl groups is 1. The molecule has 1 aliphatic rings. The number of anilines is 1. The quantitative estimate of drug-likeness (QED) is 0.763. The van der Waals surface area contributed by atoms with E-state index in [4.69, 9.17) is 5.11 Å². The van der Waals surface area contributed by atoms with E-state index in [9.17, 15) is 14.7 Å². The number of rotatable bonds is 4. The van der Waals surface area contributed by atoms with Crippen LogP contribution in [0.25, 0.3) is 0 Å². The topological polar surface area (TPSA) is 103 Å². The van der Waals surface area contributed by atoms with E-state index in [-0.39, 0.29) is 17.7 Å². The van der Waals surface area contributed by atoms with Crippen LogP contribution in [0.1, 0.15) is 23.2 Å². The molecule has 0 atom stereocenters. The maximum absolute atomic E-state index is 11.9. The van der Waals surface area contributed by atoms with Crippen LogP contribution >= 0.6 is 0 Å². The zero-order valence-corrected chi connectivity index (χ0v) is 11.1. The normalized spacial score (nSPS) is 20.9. The highest BCUT2D eigenvalue weighted by atomic mass is 16.4. The summed E-state index contributed by atoms with van der Waals surface area (Å²) in [7, 11) is 1.66. The van der Waals surface area contributed by atoms with E-state index in [0.29, 0.717) is 31.0 Å². The van der Waals surface area contributed by atoms with Gasteiger partial charge >= 0.3 is 12.0 Å². The van der Waals surface area contributed by atoms with Crippen LogP contribution in [-0.2, 0) is 0 Å². The predicted molar refractivity (Wildman–Crippen MR) is 71.6 cm³/mol. The molecule has 7 heteroatoms. The Bertz CT molecular complexity index is 514. The van der Waals surface area contributed by atoms with Crippen molar-refractivity contribution in [3.05, 3.63) is 24.0 Å². The third kappa shape index (κ3) is 3.45. The second kappa shape index (κ2) is 5.87. The molecule has 1 saturated carbocycles. The number of nitrogens with zero attached hydrogens (tertiary/aromatic N) is 2. The van der Waals surface area contributed by atoms with Gasteiger partial charge in [0.25, 0.3) is 0 Å². The number of pyridine rings is 1. The molecule has 0 bridgehead atoms. The molecule has 0 spiro atoms. The first-order chi connectivity index (χ1) is 9.45. The molecule has 3 N–H and O–H groups in total. The molecule has 20 heavy (non-hydrogen) atoms. The van der Waals surface area contributed by atoms with Crippen molar-refractivity contribution in [2.75, 3.05) is 18.9 Å². The molecule has 0 unspecified atom stereocenters. The molecular weight excluding hydrogens is 262 g/mol. The fraction of sp³-hybridized carbons (Fsp3) is 0.462. The van der Waals surface area contributed by atoms with Crippen LogP contribution in [0.4, 0.5) is 10.5 Å². The average Bonchev–Trinajstić information content (AvgIpc) is 2.37. The Morgan fingerprint density at radius 1 is 1.45 bits per heavy atom. The molecule has 1 aliphatic carbocycles. The number of nitrogens with one attached hydrogen (secondary N) is 1. The number of carboxylic acids is 1. The Balaban J connectivity index is 1.90. The van der Waals surface area contributed by atoms with Gasteiger partial charge in [-0.15, -0.1) is 0 Å². The van der Waals surface area contributed by atoms with E-state index >= 15 is 0 Å². The van der Waals surface area contributed by atoms with Gasteiger partial charge in [0.05, 0.1) is 23.6 Å². The van der Waals surface area contributed by atoms with E-state index < -0.39 is 5.97 Å². The van der Waals surface area contributed by atoms with Gasteiger partial charge in [-0.1, -0.05) is 0 Å². The van der Waals surface area contributed by atoms with E-state index in [1.807, 2.05) is 0 Å². The highest BCUT2D eigenvalue weighted by molar-refractivity contribution is 5.92. The standard InChI is InChI=1S/C13H17N3O4/c1-16(7-8-2-11(17)3-8)13(20)15-10-4-9(12(18)19)5-14-6-10/h4-6,8,11,17H,2-3,7H2,1H3,(H,15,20)(H,18,19). The van der Waals surface area contributed by atoms with Crippen LogP contribution in [0.5, 0.6) is 0 Å². The lowest BCUT2D eigenvalue weighted by molar-refractivity contribution is 0.0332. The molecular formula is C13H17N3O4. The van der Waals surface area contributed by atoms with Crippen molar-refractivity contribution in [2.45, 2.75) is 18.9 Å². The third-order valence-corrected chi connectivity index (χ3v) is 3.33. The molecule has 1 heterocycles. The van der Waals surface area contributed by atoms with E-state index in [1.54, 1.807) is 7.05 Å². The summed E-state index contributed by atoms with van der Waals surface area (Å²) < 4.78 is 0. The lowest BCUT2D eigenvalue weighted by Crippen LogP contribution is -2.41. The SMILES string of the molecule is CN(CC1CC(O)C1)C(=O)Nc1cncc(C(=O)O)c1. The summed E-state index contributed by atoms with van der Waals surface area (Å²) in [5, 5.41) is 20.7. The number of aliphatic hydroxyl groups excluding tert-OH is 1. The van der Waals surface area contributed by atoms with Gasteiger partial charge in [0, 0.05) is 19.8 Å². The Morgan fingerprint density at radius 3 is 2.75 bits per heavy atom. The summed E-state index contributed by atoms with van der Waals surface area (Å²) in [6, 6.07) is 1.03. The second-order valence-corrected chi connectivity index (χ2v) is 5.07. The summed E-state index contributed by atoms with van der Waals surface area (Å²) >= 11 is 0. The highest BCUT2D eigenvalue weighted by Crippen LogP contribution is 2.27. The van der Waals surface area contributed by atoms with Crippen LogP contribution in [-0.4, -0.2) is 51.8 Å². The second-order valence-electron chi connectivity index (χ2n) is 5.07. The van der Waals surface area contributed by atoms with Gasteiger partial charge in [0.1, 0.15) is 0 Å². The summed E-state index contributed by atoms with van der Waals surface area (Å²) in [4.78, 5) is 28.0. The lowest BCUT2D eigenvalue weighted by atomic mass is 9.82. The maximum atomic E-state index is 11.9. The molecule has 108 valence electrons. The van der Waals surface area contributed by atoms with Gasteiger partial charge in [-0.25, -0.2) is 9.59 Å². The molecule has 7 nitrogen and oxygen atoms in total. The maximum Gasteiger partial charge on any atom is 0.337 e. The minimum absolute atomic E-state index is 0.0209. The first kappa shape index (κ1) is 14.3. The number of aromatic nitrogens is 1. The van der Waals surface area contributed by atoms with Crippen molar-refractivity contribution in [2.24, 2.45) is 5.92 Å². The first-order valence-corrected chi connectivity index (χ1v) is 6.34. The molecule has 1 aromatic rings. The number of hydrogen-bond donors (Lipinski definition) is 3. The van der Waals surface area contributed by atoms with Gasteiger partial charge in [0.15, 0.2) is 0 Å². The summed E-state index contributed by atoms with van der Waals surface area (Å²) in [5.74, 6) is -0.769. The fourth-order valence-corrected chi connectivity index (χ4v) is 2.16. The van der Waals surface area contributed by atoms with Gasteiger partial charge in [-0.2, -0.15) is 0 Å². The number of aromatic carboxylic acids is 1. The van der Waals surface area contributed by atoms with Crippen LogP contribution < -0.4 is 5.32 Å². The zero-order valence-electron chi connectivity index (χ0n) is 11.1. The van der Waals surface area contributed by atoms with Crippen LogP contribution in [0.2, 0.25) is 0 Å². The number of amides is 2. The first-order valence-electron chi connectivity index (χ1n) is 6.34.